The van der Waals surface area contributed by atoms with Crippen molar-refractivity contribution in [2.45, 2.75) is 102 Å². The van der Waals surface area contributed by atoms with Gasteiger partial charge in [-0.25, -0.2) is 14.2 Å². The van der Waals surface area contributed by atoms with E-state index in [9.17, 15) is 39.3 Å². The molecule has 5 rings (SSSR count). The maximum atomic E-state index is 17.4. The van der Waals surface area contributed by atoms with Gasteiger partial charge in [0.05, 0.1) is 30.6 Å². The molecule has 13 nitrogen and oxygen atoms in total. The first-order chi connectivity index (χ1) is 22.4. The number of halogens is 1. The predicted molar refractivity (Wildman–Crippen MR) is 168 cm³/mol. The number of carboxylic acids is 1. The number of imidazole rings is 1. The Morgan fingerprint density at radius 3 is 2.62 bits per heavy atom. The molecule has 0 bridgehead atoms. The summed E-state index contributed by atoms with van der Waals surface area (Å²) in [5.74, 6) is -5.24. The van der Waals surface area contributed by atoms with Crippen LogP contribution >= 0.6 is 0 Å². The number of nitrogens with one attached hydrogen (secondary N) is 1. The molecule has 1 aromatic heterocycles. The molecule has 262 valence electrons. The highest BCUT2D eigenvalue weighted by Gasteiger charge is 2.75. The minimum Gasteiger partial charge on any atom is -0.480 e. The number of rotatable bonds is 11. The number of esters is 1. The lowest BCUT2D eigenvalue weighted by molar-refractivity contribution is -0.220. The van der Waals surface area contributed by atoms with Gasteiger partial charge < -0.3 is 35.7 Å². The number of fused-ring (bicyclic) bond motifs is 5. The summed E-state index contributed by atoms with van der Waals surface area (Å²) in [5, 5.41) is 35.4. The fourth-order valence-corrected chi connectivity index (χ4v) is 9.04. The zero-order valence-corrected chi connectivity index (χ0v) is 27.6. The van der Waals surface area contributed by atoms with Crippen molar-refractivity contribution >= 4 is 29.4 Å². The fourth-order valence-electron chi connectivity index (χ4n) is 9.04. The Labute approximate surface area is 277 Å². The summed E-state index contributed by atoms with van der Waals surface area (Å²) in [5.41, 5.74) is 0.0353. The quantitative estimate of drug-likeness (QED) is 0.211. The van der Waals surface area contributed by atoms with Gasteiger partial charge in [-0.3, -0.25) is 19.2 Å². The number of carbonyl (C=O) groups is 5. The molecule has 3 fully saturated rings. The van der Waals surface area contributed by atoms with Crippen LogP contribution < -0.4 is 11.1 Å². The number of nitrogens with two attached hydrogens (primary N) is 1. The number of carboxylic acid groups (broad SMARTS) is 1. The average Bonchev–Trinajstić information content (AvgIpc) is 3.55. The van der Waals surface area contributed by atoms with Crippen LogP contribution in [0.15, 0.2) is 36.3 Å². The van der Waals surface area contributed by atoms with Crippen LogP contribution in [0.3, 0.4) is 0 Å². The number of alkyl halides is 1. The highest BCUT2D eigenvalue weighted by Crippen LogP contribution is 2.70. The molecule has 10 atom stereocenters. The van der Waals surface area contributed by atoms with Crippen LogP contribution in [-0.2, 0) is 41.7 Å². The minimum absolute atomic E-state index is 0.103. The normalized spacial score (nSPS) is 36.6. The molecular weight excluding hydrogens is 627 g/mol. The zero-order chi connectivity index (χ0) is 35.4. The van der Waals surface area contributed by atoms with Crippen LogP contribution in [0.2, 0.25) is 0 Å². The Morgan fingerprint density at radius 2 is 1.96 bits per heavy atom. The van der Waals surface area contributed by atoms with E-state index in [1.54, 1.807) is 26.8 Å². The molecule has 0 aromatic carbocycles. The Balaban J connectivity index is 1.21. The molecule has 48 heavy (non-hydrogen) atoms. The molecule has 6 N–H and O–H groups in total. The fraction of sp³-hybridized carbons (Fsp3) is 0.647. The number of aliphatic hydroxyl groups excluding tert-OH is 1. The first-order valence-corrected chi connectivity index (χ1v) is 16.4. The molecule has 0 spiro atoms. The topological polar surface area (TPSA) is 211 Å². The van der Waals surface area contributed by atoms with E-state index in [4.69, 9.17) is 10.5 Å². The van der Waals surface area contributed by atoms with E-state index in [2.05, 4.69) is 10.3 Å². The predicted octanol–water partition coefficient (Wildman–Crippen LogP) is 1.19. The first-order valence-electron chi connectivity index (χ1n) is 16.4. The monoisotopic (exact) mass is 672 g/mol. The van der Waals surface area contributed by atoms with E-state index in [1.807, 2.05) is 0 Å². The number of ketones is 2. The Morgan fingerprint density at radius 1 is 1.25 bits per heavy atom. The van der Waals surface area contributed by atoms with E-state index in [1.165, 1.54) is 36.2 Å². The smallest absolute Gasteiger partial charge is 0.326 e. The highest BCUT2D eigenvalue weighted by molar-refractivity contribution is 6.01. The number of hydrogen-bond donors (Lipinski definition) is 5. The van der Waals surface area contributed by atoms with Crippen molar-refractivity contribution in [1.82, 2.24) is 14.9 Å². The molecule has 14 heteroatoms. The maximum absolute atomic E-state index is 17.4. The van der Waals surface area contributed by atoms with Gasteiger partial charge in [0.2, 0.25) is 11.7 Å². The number of nitrogens with zero attached hydrogens (tertiary/aromatic N) is 2. The van der Waals surface area contributed by atoms with E-state index >= 15 is 4.39 Å². The number of aryl methyl sites for hydroxylation is 1. The number of amides is 1. The molecule has 1 amide bonds. The summed E-state index contributed by atoms with van der Waals surface area (Å²) in [6.45, 7) is 5.97. The molecular formula is C34H45FN4O9. The lowest BCUT2D eigenvalue weighted by Gasteiger charge is -2.62. The zero-order valence-electron chi connectivity index (χ0n) is 27.6. The summed E-state index contributed by atoms with van der Waals surface area (Å²) in [6.07, 6.45) is 6.47. The van der Waals surface area contributed by atoms with Crippen molar-refractivity contribution in [1.29, 1.82) is 0 Å². The number of Topliss-reactive ketones (excluding diaryl/α,β-unsaturated/α-hetero) is 1. The summed E-state index contributed by atoms with van der Waals surface area (Å²) < 4.78 is 24.2. The largest absolute Gasteiger partial charge is 0.480 e. The minimum atomic E-state index is -2.10. The van der Waals surface area contributed by atoms with Gasteiger partial charge in [-0.2, -0.15) is 0 Å². The van der Waals surface area contributed by atoms with Crippen LogP contribution in [0.1, 0.15) is 65.5 Å². The Hall–Kier alpha value is -3.75. The van der Waals surface area contributed by atoms with E-state index < -0.39 is 88.3 Å². The maximum Gasteiger partial charge on any atom is 0.326 e. The van der Waals surface area contributed by atoms with Gasteiger partial charge >= 0.3 is 11.9 Å². The van der Waals surface area contributed by atoms with Crippen LogP contribution in [0.25, 0.3) is 0 Å². The Kier molecular flexibility index (Phi) is 9.34. The van der Waals surface area contributed by atoms with Gasteiger partial charge in [0, 0.05) is 35.9 Å². The number of aliphatic carboxylic acids is 1. The molecule has 1 aromatic rings. The second-order valence-electron chi connectivity index (χ2n) is 14.5. The van der Waals surface area contributed by atoms with Gasteiger partial charge in [-0.05, 0) is 63.5 Å². The van der Waals surface area contributed by atoms with Crippen molar-refractivity contribution in [3.8, 4) is 0 Å². The molecule has 3 saturated carbocycles. The van der Waals surface area contributed by atoms with E-state index in [0.29, 0.717) is 30.5 Å². The number of aromatic nitrogens is 2. The van der Waals surface area contributed by atoms with Gasteiger partial charge in [-0.15, -0.1) is 0 Å². The summed E-state index contributed by atoms with van der Waals surface area (Å²) >= 11 is 0. The first kappa shape index (κ1) is 35.6. The van der Waals surface area contributed by atoms with Gasteiger partial charge in [0.1, 0.15) is 11.6 Å². The summed E-state index contributed by atoms with van der Waals surface area (Å²) in [7, 11) is 0. The summed E-state index contributed by atoms with van der Waals surface area (Å²) in [4.78, 5) is 66.0. The van der Waals surface area contributed by atoms with Crippen LogP contribution in [0, 0.1) is 28.6 Å². The SMILES string of the molecule is CC(N)C(=O)NC(Cc1cn(CCC(=O)OCC(=O)[C@@]2(O)[C@@H](C)C[C@H]3[C@@H]4CCC5=CC(=O)C=C[C@]5(C)[C@@]4(F)[C@@H](O)C[C@@]32C)cn1)C(=O)O. The van der Waals surface area contributed by atoms with Crippen molar-refractivity contribution < 1.29 is 48.4 Å². The lowest BCUT2D eigenvalue weighted by Crippen LogP contribution is -2.69. The third kappa shape index (κ3) is 5.61. The van der Waals surface area contributed by atoms with Crippen molar-refractivity contribution in [2.75, 3.05) is 6.61 Å². The standard InChI is InChI=1S/C34H45FN4O9/c1-18-11-24-23-6-5-20-12-22(40)7-9-31(20,3)33(23,35)26(41)14-32(24,4)34(18,47)27(42)16-48-28(43)8-10-39-15-21(37-17-39)13-25(30(45)46)38-29(44)19(2)36/h7,9,12,15,17-19,23-26,41,47H,5-6,8,10-11,13-14,16,36H2,1-4H3,(H,38,44)(H,45,46)/t18-,19?,23-,24-,25?,26-,31-,32-,33-,34-/m0/s1. The molecule has 0 radical (unpaired) electrons. The van der Waals surface area contributed by atoms with Gasteiger partial charge in [-0.1, -0.05) is 25.5 Å². The third-order valence-electron chi connectivity index (χ3n) is 11.7. The van der Waals surface area contributed by atoms with Crippen molar-refractivity contribution in [3.05, 3.63) is 42.0 Å². The number of carbonyl (C=O) groups excluding carboxylic acids is 4. The van der Waals surface area contributed by atoms with Crippen LogP contribution in [0.5, 0.6) is 0 Å². The number of ether oxygens (including phenoxy) is 1. The molecule has 0 saturated heterocycles. The van der Waals surface area contributed by atoms with Gasteiger partial charge in [0.15, 0.2) is 18.1 Å². The molecule has 4 aliphatic carbocycles. The van der Waals surface area contributed by atoms with E-state index in [0.717, 1.165) is 0 Å². The van der Waals surface area contributed by atoms with Crippen molar-refractivity contribution in [3.63, 3.8) is 0 Å². The third-order valence-corrected chi connectivity index (χ3v) is 11.7. The lowest BCUT2D eigenvalue weighted by atomic mass is 9.44. The van der Waals surface area contributed by atoms with Crippen LogP contribution in [0.4, 0.5) is 4.39 Å². The van der Waals surface area contributed by atoms with Gasteiger partial charge in [0.25, 0.3) is 0 Å². The average molecular weight is 673 g/mol. The van der Waals surface area contributed by atoms with E-state index in [-0.39, 0.29) is 31.6 Å². The summed E-state index contributed by atoms with van der Waals surface area (Å²) in [6, 6.07) is -2.13. The molecule has 1 heterocycles. The second-order valence-corrected chi connectivity index (χ2v) is 14.5. The second kappa shape index (κ2) is 12.6. The van der Waals surface area contributed by atoms with Crippen molar-refractivity contribution in [2.24, 2.45) is 34.3 Å². The highest BCUT2D eigenvalue weighted by atomic mass is 19.1. The Bertz CT molecular complexity index is 1570. The van der Waals surface area contributed by atoms with Crippen LogP contribution in [-0.4, -0.2) is 90.3 Å². The number of hydrogen-bond acceptors (Lipinski definition) is 10. The molecule has 0 aliphatic heterocycles. The number of allylic oxidation sites excluding steroid dienone is 4. The molecule has 4 aliphatic rings. The number of aliphatic hydroxyl groups is 2. The molecule has 2 unspecified atom stereocenters.